The number of carboxylic acids is 1. The van der Waals surface area contributed by atoms with Gasteiger partial charge in [-0.25, -0.2) is 9.78 Å². The van der Waals surface area contributed by atoms with E-state index in [-0.39, 0.29) is 5.69 Å². The average molecular weight is 411 g/mol. The second-order valence-electron chi connectivity index (χ2n) is 7.56. The van der Waals surface area contributed by atoms with E-state index < -0.39 is 5.97 Å². The van der Waals surface area contributed by atoms with Crippen molar-refractivity contribution in [3.63, 3.8) is 0 Å². The summed E-state index contributed by atoms with van der Waals surface area (Å²) in [5.74, 6) is -0.381. The number of hydrogen-bond acceptors (Lipinski definition) is 5. The van der Waals surface area contributed by atoms with Crippen molar-refractivity contribution in [2.45, 2.75) is 6.42 Å². The molecule has 0 saturated carbocycles. The number of rotatable bonds is 3. The number of benzene rings is 2. The molecule has 0 aliphatic carbocycles. The van der Waals surface area contributed by atoms with Gasteiger partial charge in [0.05, 0.1) is 11.9 Å². The van der Waals surface area contributed by atoms with Gasteiger partial charge < -0.3 is 10.0 Å². The number of carbonyl (C=O) groups is 1. The molecule has 1 aliphatic heterocycles. The van der Waals surface area contributed by atoms with Gasteiger partial charge in [0.25, 0.3) is 0 Å². The van der Waals surface area contributed by atoms with Crippen LogP contribution in [0, 0.1) is 0 Å². The highest BCUT2D eigenvalue weighted by molar-refractivity contribution is 6.10. The summed E-state index contributed by atoms with van der Waals surface area (Å²) in [5.41, 5.74) is 5.16. The number of aliphatic imine (C=N–C) groups is 1. The van der Waals surface area contributed by atoms with Gasteiger partial charge in [-0.3, -0.25) is 9.67 Å². The van der Waals surface area contributed by atoms with E-state index in [0.29, 0.717) is 12.4 Å². The van der Waals surface area contributed by atoms with Crippen molar-refractivity contribution in [1.82, 2.24) is 14.8 Å². The summed E-state index contributed by atoms with van der Waals surface area (Å²) in [6.45, 7) is 0.673. The monoisotopic (exact) mass is 411 g/mol. The topological polar surface area (TPSA) is 83.6 Å². The van der Waals surface area contributed by atoms with Gasteiger partial charge in [0.15, 0.2) is 5.69 Å². The molecule has 31 heavy (non-hydrogen) atoms. The lowest BCUT2D eigenvalue weighted by atomic mass is 9.95. The number of anilines is 2. The van der Waals surface area contributed by atoms with Crippen LogP contribution in [0.15, 0.2) is 65.9 Å². The van der Waals surface area contributed by atoms with Gasteiger partial charge in [-0.1, -0.05) is 30.3 Å². The number of carboxylic acid groups (broad SMARTS) is 1. The number of pyridine rings is 1. The largest absolute Gasteiger partial charge is 0.477 e. The highest BCUT2D eigenvalue weighted by Crippen LogP contribution is 2.38. The number of aryl methyl sites for hydroxylation is 1. The maximum Gasteiger partial charge on any atom is 0.354 e. The molecule has 7 nitrogen and oxygen atoms in total. The zero-order valence-corrected chi connectivity index (χ0v) is 17.3. The van der Waals surface area contributed by atoms with E-state index in [9.17, 15) is 9.90 Å². The molecule has 0 saturated heterocycles. The van der Waals surface area contributed by atoms with Crippen LogP contribution in [-0.2, 0) is 7.05 Å². The first-order chi connectivity index (χ1) is 15.0. The minimum atomic E-state index is -1.04. The van der Waals surface area contributed by atoms with Crippen LogP contribution in [0.4, 0.5) is 11.5 Å². The standard InChI is InChI=1S/C24H21N5O2/c1-25-20-9-10-29(22-8-7-15(11-19(20)22)17-13-26-28(2)14-17)23-18-6-4-3-5-16(18)12-21(27-23)24(30)31/h3-8,11-14H,9-10H2,1-2H3,(H,30,31). The van der Waals surface area contributed by atoms with Crippen LogP contribution < -0.4 is 4.90 Å². The fraction of sp³-hybridized carbons (Fsp3) is 0.167. The molecule has 3 heterocycles. The van der Waals surface area contributed by atoms with E-state index in [0.717, 1.165) is 45.3 Å². The van der Waals surface area contributed by atoms with Gasteiger partial charge in [-0.2, -0.15) is 5.10 Å². The second-order valence-corrected chi connectivity index (χ2v) is 7.56. The van der Waals surface area contributed by atoms with Crippen LogP contribution in [0.5, 0.6) is 0 Å². The van der Waals surface area contributed by atoms with Crippen molar-refractivity contribution in [2.75, 3.05) is 18.5 Å². The number of nitrogens with zero attached hydrogens (tertiary/aromatic N) is 5. The van der Waals surface area contributed by atoms with E-state index >= 15 is 0 Å². The predicted molar refractivity (Wildman–Crippen MR) is 121 cm³/mol. The first kappa shape index (κ1) is 19.0. The molecule has 0 atom stereocenters. The molecule has 0 unspecified atom stereocenters. The maximum absolute atomic E-state index is 11.7. The van der Waals surface area contributed by atoms with Crippen molar-refractivity contribution in [1.29, 1.82) is 0 Å². The summed E-state index contributed by atoms with van der Waals surface area (Å²) in [7, 11) is 3.71. The number of aromatic nitrogens is 3. The van der Waals surface area contributed by atoms with Crippen LogP contribution in [0.2, 0.25) is 0 Å². The molecule has 0 bridgehead atoms. The minimum Gasteiger partial charge on any atom is -0.477 e. The summed E-state index contributed by atoms with van der Waals surface area (Å²) in [6, 6.07) is 15.6. The Morgan fingerprint density at radius 1 is 1.13 bits per heavy atom. The molecule has 7 heteroatoms. The molecule has 1 N–H and O–H groups in total. The molecule has 2 aromatic heterocycles. The Labute approximate surface area is 179 Å². The summed E-state index contributed by atoms with van der Waals surface area (Å²) < 4.78 is 1.78. The predicted octanol–water partition coefficient (Wildman–Crippen LogP) is 4.29. The van der Waals surface area contributed by atoms with Crippen molar-refractivity contribution in [2.24, 2.45) is 12.0 Å². The van der Waals surface area contributed by atoms with Crippen LogP contribution in [0.25, 0.3) is 21.9 Å². The van der Waals surface area contributed by atoms with Crippen LogP contribution in [0.1, 0.15) is 22.5 Å². The third-order valence-electron chi connectivity index (χ3n) is 5.67. The molecule has 4 aromatic rings. The molecule has 0 amide bonds. The van der Waals surface area contributed by atoms with Crippen molar-refractivity contribution < 1.29 is 9.90 Å². The highest BCUT2D eigenvalue weighted by Gasteiger charge is 2.26. The minimum absolute atomic E-state index is 0.0391. The van der Waals surface area contributed by atoms with Crippen LogP contribution >= 0.6 is 0 Å². The summed E-state index contributed by atoms with van der Waals surface area (Å²) in [4.78, 5) is 22.9. The van der Waals surface area contributed by atoms with Gasteiger partial charge in [0.1, 0.15) is 5.82 Å². The van der Waals surface area contributed by atoms with Gasteiger partial charge in [0, 0.05) is 55.5 Å². The summed E-state index contributed by atoms with van der Waals surface area (Å²) in [5, 5.41) is 15.7. The zero-order chi connectivity index (χ0) is 21.5. The van der Waals surface area contributed by atoms with Crippen molar-refractivity contribution in [3.05, 3.63) is 72.2 Å². The van der Waals surface area contributed by atoms with Crippen LogP contribution in [-0.4, -0.2) is 45.1 Å². The van der Waals surface area contributed by atoms with Gasteiger partial charge in [-0.05, 0) is 29.1 Å². The zero-order valence-electron chi connectivity index (χ0n) is 17.3. The first-order valence-electron chi connectivity index (χ1n) is 10.0. The van der Waals surface area contributed by atoms with E-state index in [2.05, 4.69) is 38.2 Å². The average Bonchev–Trinajstić information content (AvgIpc) is 3.23. The Balaban J connectivity index is 1.70. The molecule has 154 valence electrons. The molecule has 1 aliphatic rings. The molecular formula is C24H21N5O2. The molecular weight excluding hydrogens is 390 g/mol. The van der Waals surface area contributed by atoms with Gasteiger partial charge in [0.2, 0.25) is 0 Å². The lowest BCUT2D eigenvalue weighted by Crippen LogP contribution is -2.29. The molecule has 2 aromatic carbocycles. The molecule has 0 fully saturated rings. The van der Waals surface area contributed by atoms with E-state index in [1.165, 1.54) is 0 Å². The Morgan fingerprint density at radius 3 is 2.71 bits per heavy atom. The fourth-order valence-corrected chi connectivity index (χ4v) is 4.17. The Bertz CT molecular complexity index is 1360. The SMILES string of the molecule is CN=C1CCN(c2nc(C(=O)O)cc3ccccc23)c2ccc(-c3cnn(C)c3)cc21. The quantitative estimate of drug-likeness (QED) is 0.544. The number of fused-ring (bicyclic) bond motifs is 2. The Hall–Kier alpha value is -4.00. The smallest absolute Gasteiger partial charge is 0.354 e. The third-order valence-corrected chi connectivity index (χ3v) is 5.67. The lowest BCUT2D eigenvalue weighted by molar-refractivity contribution is 0.0691. The van der Waals surface area contributed by atoms with E-state index in [4.69, 9.17) is 0 Å². The molecule has 0 radical (unpaired) electrons. The maximum atomic E-state index is 11.7. The number of aromatic carboxylic acids is 1. The lowest BCUT2D eigenvalue weighted by Gasteiger charge is -2.32. The normalized spacial score (nSPS) is 14.8. The van der Waals surface area contributed by atoms with Gasteiger partial charge >= 0.3 is 5.97 Å². The van der Waals surface area contributed by atoms with Crippen molar-refractivity contribution in [3.8, 4) is 11.1 Å². The highest BCUT2D eigenvalue weighted by atomic mass is 16.4. The van der Waals surface area contributed by atoms with Crippen LogP contribution in [0.3, 0.4) is 0 Å². The Kier molecular flexibility index (Phi) is 4.51. The number of hydrogen-bond donors (Lipinski definition) is 1. The van der Waals surface area contributed by atoms with Gasteiger partial charge in [-0.15, -0.1) is 0 Å². The Morgan fingerprint density at radius 2 is 1.97 bits per heavy atom. The molecule has 0 spiro atoms. The first-order valence-corrected chi connectivity index (χ1v) is 10.0. The van der Waals surface area contributed by atoms with E-state index in [1.54, 1.807) is 10.7 Å². The summed E-state index contributed by atoms with van der Waals surface area (Å²) in [6.07, 6.45) is 4.57. The second kappa shape index (κ2) is 7.36. The summed E-state index contributed by atoms with van der Waals surface area (Å²) >= 11 is 0. The van der Waals surface area contributed by atoms with Crippen molar-refractivity contribution >= 4 is 34.0 Å². The van der Waals surface area contributed by atoms with E-state index in [1.807, 2.05) is 50.8 Å². The third kappa shape index (κ3) is 3.24. The molecule has 5 rings (SSSR count). The fourth-order valence-electron chi connectivity index (χ4n) is 4.17.